The van der Waals surface area contributed by atoms with Gasteiger partial charge < -0.3 is 10.0 Å². The van der Waals surface area contributed by atoms with Gasteiger partial charge in [0.15, 0.2) is 11.6 Å². The van der Waals surface area contributed by atoms with Crippen LogP contribution in [0.2, 0.25) is 0 Å². The molecule has 0 aliphatic carbocycles. The van der Waals surface area contributed by atoms with Crippen LogP contribution in [0.1, 0.15) is 24.3 Å². The van der Waals surface area contributed by atoms with Crippen molar-refractivity contribution in [2.75, 3.05) is 19.6 Å². The van der Waals surface area contributed by atoms with Crippen molar-refractivity contribution in [2.24, 2.45) is 0 Å². The van der Waals surface area contributed by atoms with E-state index in [9.17, 15) is 18.7 Å². The summed E-state index contributed by atoms with van der Waals surface area (Å²) >= 11 is 0. The third-order valence-corrected chi connectivity index (χ3v) is 3.28. The fraction of sp³-hybridized carbons (Fsp3) is 0.462. The van der Waals surface area contributed by atoms with Crippen molar-refractivity contribution in [3.05, 3.63) is 35.4 Å². The van der Waals surface area contributed by atoms with Crippen molar-refractivity contribution in [1.82, 2.24) is 4.90 Å². The number of carboxylic acid groups (broad SMARTS) is 1. The number of hydrogen-bond acceptors (Lipinski definition) is 2. The number of hydrogen-bond donors (Lipinski definition) is 1. The quantitative estimate of drug-likeness (QED) is 0.897. The molecule has 0 amide bonds. The molecule has 0 aromatic heterocycles. The molecule has 0 saturated carbocycles. The van der Waals surface area contributed by atoms with Crippen molar-refractivity contribution in [3.63, 3.8) is 0 Å². The molecule has 0 bridgehead atoms. The van der Waals surface area contributed by atoms with Gasteiger partial charge in [-0.05, 0) is 43.6 Å². The van der Waals surface area contributed by atoms with Gasteiger partial charge in [0.05, 0.1) is 5.92 Å². The maximum Gasteiger partial charge on any atom is 0.312 e. The summed E-state index contributed by atoms with van der Waals surface area (Å²) in [6, 6.07) is 3.29. The topological polar surface area (TPSA) is 40.5 Å². The van der Waals surface area contributed by atoms with Crippen molar-refractivity contribution >= 4 is 5.97 Å². The molecule has 1 atom stereocenters. The summed E-state index contributed by atoms with van der Waals surface area (Å²) in [5.74, 6) is -3.77. The van der Waals surface area contributed by atoms with Gasteiger partial charge in [-0.25, -0.2) is 8.78 Å². The first-order valence-corrected chi connectivity index (χ1v) is 5.98. The zero-order chi connectivity index (χ0) is 13.1. The molecule has 5 heteroatoms. The normalized spacial score (nSPS) is 17.9. The average molecular weight is 255 g/mol. The molecule has 0 radical (unpaired) electrons. The molecule has 18 heavy (non-hydrogen) atoms. The second-order valence-electron chi connectivity index (χ2n) is 4.57. The van der Waals surface area contributed by atoms with Gasteiger partial charge in [0.2, 0.25) is 0 Å². The Labute approximate surface area is 104 Å². The Balaban J connectivity index is 2.17. The van der Waals surface area contributed by atoms with E-state index in [4.69, 9.17) is 0 Å². The lowest BCUT2D eigenvalue weighted by Gasteiger charge is -2.20. The number of benzene rings is 1. The van der Waals surface area contributed by atoms with E-state index in [1.54, 1.807) is 0 Å². The summed E-state index contributed by atoms with van der Waals surface area (Å²) in [5.41, 5.74) is 0.313. The first kappa shape index (κ1) is 13.0. The Morgan fingerprint density at radius 3 is 2.50 bits per heavy atom. The van der Waals surface area contributed by atoms with Crippen molar-refractivity contribution in [2.45, 2.75) is 18.8 Å². The number of nitrogens with zero attached hydrogens (tertiary/aromatic N) is 1. The minimum Gasteiger partial charge on any atom is -0.481 e. The molecule has 1 N–H and O–H groups in total. The highest BCUT2D eigenvalue weighted by molar-refractivity contribution is 5.76. The first-order valence-electron chi connectivity index (χ1n) is 5.98. The van der Waals surface area contributed by atoms with Crippen LogP contribution in [0.25, 0.3) is 0 Å². The van der Waals surface area contributed by atoms with E-state index in [1.165, 1.54) is 6.07 Å². The highest BCUT2D eigenvalue weighted by Gasteiger charge is 2.25. The van der Waals surface area contributed by atoms with Gasteiger partial charge in [-0.15, -0.1) is 0 Å². The van der Waals surface area contributed by atoms with Crippen LogP contribution in [0.5, 0.6) is 0 Å². The molecule has 1 saturated heterocycles. The number of likely N-dealkylation sites (tertiary alicyclic amines) is 1. The predicted octanol–water partition coefficient (Wildman–Crippen LogP) is 2.23. The van der Waals surface area contributed by atoms with Crippen LogP contribution in [0, 0.1) is 11.6 Å². The van der Waals surface area contributed by atoms with Gasteiger partial charge in [0.25, 0.3) is 0 Å². The highest BCUT2D eigenvalue weighted by atomic mass is 19.2. The van der Waals surface area contributed by atoms with E-state index in [1.807, 2.05) is 4.90 Å². The molecule has 1 aromatic rings. The van der Waals surface area contributed by atoms with E-state index in [-0.39, 0.29) is 0 Å². The van der Waals surface area contributed by atoms with Gasteiger partial charge in [-0.2, -0.15) is 0 Å². The van der Waals surface area contributed by atoms with Gasteiger partial charge in [-0.3, -0.25) is 4.79 Å². The van der Waals surface area contributed by atoms with Gasteiger partial charge in [0, 0.05) is 6.54 Å². The Kier molecular flexibility index (Phi) is 3.91. The molecule has 0 spiro atoms. The molecular formula is C13H15F2NO2. The Morgan fingerprint density at radius 1 is 1.28 bits per heavy atom. The summed E-state index contributed by atoms with van der Waals surface area (Å²) in [5, 5.41) is 9.20. The highest BCUT2D eigenvalue weighted by Crippen LogP contribution is 2.22. The fourth-order valence-corrected chi connectivity index (χ4v) is 2.28. The van der Waals surface area contributed by atoms with Gasteiger partial charge in [-0.1, -0.05) is 6.07 Å². The van der Waals surface area contributed by atoms with E-state index >= 15 is 0 Å². The number of halogens is 2. The molecule has 1 aromatic carbocycles. The molecule has 1 aliphatic heterocycles. The van der Waals surface area contributed by atoms with E-state index in [0.29, 0.717) is 12.1 Å². The average Bonchev–Trinajstić information content (AvgIpc) is 2.82. The Morgan fingerprint density at radius 2 is 1.94 bits per heavy atom. The van der Waals surface area contributed by atoms with E-state index in [2.05, 4.69) is 0 Å². The summed E-state index contributed by atoms with van der Waals surface area (Å²) in [6.07, 6.45) is 2.12. The lowest BCUT2D eigenvalue weighted by molar-refractivity contribution is -0.139. The Hall–Kier alpha value is -1.49. The van der Waals surface area contributed by atoms with Crippen LogP contribution in [0.4, 0.5) is 8.78 Å². The van der Waals surface area contributed by atoms with Crippen LogP contribution < -0.4 is 0 Å². The van der Waals surface area contributed by atoms with Crippen LogP contribution in [0.15, 0.2) is 18.2 Å². The third-order valence-electron chi connectivity index (χ3n) is 3.28. The van der Waals surface area contributed by atoms with Gasteiger partial charge >= 0.3 is 5.97 Å². The number of rotatable bonds is 4. The van der Waals surface area contributed by atoms with E-state index in [0.717, 1.165) is 38.1 Å². The summed E-state index contributed by atoms with van der Waals surface area (Å²) in [4.78, 5) is 13.3. The standard InChI is InChI=1S/C13H15F2NO2/c14-11-4-3-9(7-12(11)15)10(13(17)18)8-16-5-1-2-6-16/h3-4,7,10H,1-2,5-6,8H2,(H,17,18). The summed E-state index contributed by atoms with van der Waals surface area (Å²) < 4.78 is 26.0. The largest absolute Gasteiger partial charge is 0.481 e. The zero-order valence-electron chi connectivity index (χ0n) is 9.90. The van der Waals surface area contributed by atoms with Crippen LogP contribution >= 0.6 is 0 Å². The minimum absolute atomic E-state index is 0.313. The summed E-state index contributed by atoms with van der Waals surface area (Å²) in [7, 11) is 0. The summed E-state index contributed by atoms with van der Waals surface area (Å²) in [6.45, 7) is 2.08. The molecule has 1 fully saturated rings. The van der Waals surface area contributed by atoms with Crippen LogP contribution in [0.3, 0.4) is 0 Å². The lowest BCUT2D eigenvalue weighted by Crippen LogP contribution is -2.29. The molecular weight excluding hydrogens is 240 g/mol. The molecule has 3 nitrogen and oxygen atoms in total. The van der Waals surface area contributed by atoms with Crippen molar-refractivity contribution in [1.29, 1.82) is 0 Å². The first-order chi connectivity index (χ1) is 8.58. The number of carbonyl (C=O) groups is 1. The second kappa shape index (κ2) is 5.44. The van der Waals surface area contributed by atoms with Crippen LogP contribution in [-0.2, 0) is 4.79 Å². The van der Waals surface area contributed by atoms with Gasteiger partial charge in [0.1, 0.15) is 0 Å². The SMILES string of the molecule is O=C(O)C(CN1CCCC1)c1ccc(F)c(F)c1. The fourth-order valence-electron chi connectivity index (χ4n) is 2.28. The Bertz CT molecular complexity index is 445. The van der Waals surface area contributed by atoms with Crippen LogP contribution in [-0.4, -0.2) is 35.6 Å². The maximum absolute atomic E-state index is 13.1. The van der Waals surface area contributed by atoms with Crippen molar-refractivity contribution in [3.8, 4) is 0 Å². The monoisotopic (exact) mass is 255 g/mol. The lowest BCUT2D eigenvalue weighted by atomic mass is 9.98. The second-order valence-corrected chi connectivity index (χ2v) is 4.57. The molecule has 1 unspecified atom stereocenters. The number of aliphatic carboxylic acids is 1. The molecule has 1 aliphatic rings. The van der Waals surface area contributed by atoms with Crippen molar-refractivity contribution < 1.29 is 18.7 Å². The zero-order valence-corrected chi connectivity index (χ0v) is 9.90. The number of carboxylic acids is 1. The third kappa shape index (κ3) is 2.85. The molecule has 1 heterocycles. The minimum atomic E-state index is -1.01. The van der Waals surface area contributed by atoms with E-state index < -0.39 is 23.5 Å². The maximum atomic E-state index is 13.1. The smallest absolute Gasteiger partial charge is 0.312 e. The predicted molar refractivity (Wildman–Crippen MR) is 62.4 cm³/mol. The molecule has 2 rings (SSSR count). The molecule has 98 valence electrons.